The molecule has 1 atom stereocenters. The van der Waals surface area contributed by atoms with Gasteiger partial charge < -0.3 is 14.4 Å². The Morgan fingerprint density at radius 2 is 1.84 bits per heavy atom. The smallest absolute Gasteiger partial charge is 0.270 e. The molecule has 0 saturated carbocycles. The third-order valence-corrected chi connectivity index (χ3v) is 5.38. The molecule has 158 valence electrons. The number of non-ortho nitro benzene ring substituents is 1. The minimum Gasteiger partial charge on any atom is -0.497 e. The van der Waals surface area contributed by atoms with Crippen LogP contribution in [-0.4, -0.2) is 30.6 Å². The van der Waals surface area contributed by atoms with Crippen LogP contribution in [0.5, 0.6) is 11.5 Å². The Labute approximate surface area is 180 Å². The van der Waals surface area contributed by atoms with E-state index in [0.717, 1.165) is 23.2 Å². The van der Waals surface area contributed by atoms with Gasteiger partial charge in [0.15, 0.2) is 6.10 Å². The van der Waals surface area contributed by atoms with Crippen molar-refractivity contribution in [3.63, 3.8) is 0 Å². The number of nitrogens with zero attached hydrogens (tertiary/aromatic N) is 2. The first kappa shape index (κ1) is 20.4. The molecule has 7 nitrogen and oxygen atoms in total. The van der Waals surface area contributed by atoms with E-state index < -0.39 is 11.0 Å². The van der Waals surface area contributed by atoms with Crippen molar-refractivity contribution in [3.05, 3.63) is 82.4 Å². The van der Waals surface area contributed by atoms with E-state index in [-0.39, 0.29) is 11.6 Å². The van der Waals surface area contributed by atoms with Gasteiger partial charge in [-0.25, -0.2) is 0 Å². The van der Waals surface area contributed by atoms with Gasteiger partial charge in [0.1, 0.15) is 11.5 Å². The normalized spacial score (nSPS) is 13.4. The molecule has 0 N–H and O–H groups in total. The van der Waals surface area contributed by atoms with E-state index in [1.807, 2.05) is 24.3 Å². The molecule has 0 spiro atoms. The highest BCUT2D eigenvalue weighted by Gasteiger charge is 2.29. The van der Waals surface area contributed by atoms with Crippen LogP contribution in [0.2, 0.25) is 0 Å². The Morgan fingerprint density at radius 3 is 2.55 bits per heavy atom. The van der Waals surface area contributed by atoms with Crippen LogP contribution in [0.25, 0.3) is 11.1 Å². The molecule has 31 heavy (non-hydrogen) atoms. The van der Waals surface area contributed by atoms with Crippen LogP contribution >= 0.6 is 0 Å². The number of para-hydroxylation sites is 1. The highest BCUT2D eigenvalue weighted by atomic mass is 16.6. The van der Waals surface area contributed by atoms with Crippen molar-refractivity contribution >= 4 is 17.3 Å². The fraction of sp³-hybridized carbons (Fsp3) is 0.208. The van der Waals surface area contributed by atoms with Crippen molar-refractivity contribution in [2.45, 2.75) is 19.4 Å². The Hall–Kier alpha value is -3.87. The molecule has 0 saturated heterocycles. The molecule has 0 radical (unpaired) electrons. The van der Waals surface area contributed by atoms with E-state index in [9.17, 15) is 14.9 Å². The van der Waals surface area contributed by atoms with Crippen LogP contribution in [0, 0.1) is 10.1 Å². The molecule has 0 fully saturated rings. The summed E-state index contributed by atoms with van der Waals surface area (Å²) >= 11 is 0. The van der Waals surface area contributed by atoms with Crippen molar-refractivity contribution in [1.29, 1.82) is 0 Å². The summed E-state index contributed by atoms with van der Waals surface area (Å²) in [5, 5.41) is 11.3. The maximum Gasteiger partial charge on any atom is 0.270 e. The van der Waals surface area contributed by atoms with Crippen molar-refractivity contribution in [1.82, 2.24) is 0 Å². The molecule has 4 rings (SSSR count). The second kappa shape index (κ2) is 8.47. The molecule has 3 aromatic rings. The van der Waals surface area contributed by atoms with Gasteiger partial charge in [-0.05, 0) is 48.7 Å². The fourth-order valence-corrected chi connectivity index (χ4v) is 3.76. The number of benzene rings is 3. The fourth-order valence-electron chi connectivity index (χ4n) is 3.76. The predicted octanol–water partition coefficient (Wildman–Crippen LogP) is 4.63. The SMILES string of the molecule is COc1ccc(-c2cc([N+](=O)[O-])ccc2O[C@@H](C)C(=O)N2CCc3ccccc32)cc1. The lowest BCUT2D eigenvalue weighted by Gasteiger charge is -2.23. The van der Waals surface area contributed by atoms with E-state index in [1.165, 1.54) is 12.1 Å². The standard InChI is InChI=1S/C24H22N2O5/c1-16(24(27)25-14-13-18-5-3-4-6-22(18)25)31-23-12-9-19(26(28)29)15-21(23)17-7-10-20(30-2)11-8-17/h3-12,15-16H,13-14H2,1-2H3/t16-/m0/s1. The Balaban J connectivity index is 1.63. The molecule has 0 aliphatic carbocycles. The van der Waals surface area contributed by atoms with Crippen molar-refractivity contribution in [3.8, 4) is 22.6 Å². The van der Waals surface area contributed by atoms with Gasteiger partial charge in [-0.3, -0.25) is 14.9 Å². The van der Waals surface area contributed by atoms with Crippen LogP contribution < -0.4 is 14.4 Å². The summed E-state index contributed by atoms with van der Waals surface area (Å²) < 4.78 is 11.2. The quantitative estimate of drug-likeness (QED) is 0.431. The third kappa shape index (κ3) is 4.07. The first-order valence-corrected chi connectivity index (χ1v) is 9.96. The highest BCUT2D eigenvalue weighted by molar-refractivity contribution is 5.98. The predicted molar refractivity (Wildman–Crippen MR) is 118 cm³/mol. The van der Waals surface area contributed by atoms with E-state index in [1.54, 1.807) is 49.3 Å². The Bertz CT molecular complexity index is 1130. The number of rotatable bonds is 6. The van der Waals surface area contributed by atoms with E-state index in [0.29, 0.717) is 23.6 Å². The van der Waals surface area contributed by atoms with E-state index in [2.05, 4.69) is 0 Å². The number of methoxy groups -OCH3 is 1. The maximum absolute atomic E-state index is 13.1. The average Bonchev–Trinajstić information content (AvgIpc) is 3.23. The van der Waals surface area contributed by atoms with Crippen molar-refractivity contribution in [2.75, 3.05) is 18.6 Å². The lowest BCUT2D eigenvalue weighted by atomic mass is 10.0. The van der Waals surface area contributed by atoms with Gasteiger partial charge in [0, 0.05) is 29.9 Å². The Kier molecular flexibility index (Phi) is 5.58. The van der Waals surface area contributed by atoms with Crippen LogP contribution in [0.3, 0.4) is 0 Å². The van der Waals surface area contributed by atoms with Gasteiger partial charge in [0.05, 0.1) is 12.0 Å². The summed E-state index contributed by atoms with van der Waals surface area (Å²) in [5.41, 5.74) is 3.26. The first-order chi connectivity index (χ1) is 15.0. The molecular weight excluding hydrogens is 396 g/mol. The topological polar surface area (TPSA) is 81.9 Å². The second-order valence-electron chi connectivity index (χ2n) is 7.29. The summed E-state index contributed by atoms with van der Waals surface area (Å²) in [4.78, 5) is 25.7. The number of nitro groups is 1. The van der Waals surface area contributed by atoms with Gasteiger partial charge in [0.2, 0.25) is 0 Å². The minimum absolute atomic E-state index is 0.0504. The molecular formula is C24H22N2O5. The zero-order chi connectivity index (χ0) is 22.0. The summed E-state index contributed by atoms with van der Waals surface area (Å²) in [6.07, 6.45) is 0.0492. The summed E-state index contributed by atoms with van der Waals surface area (Å²) in [7, 11) is 1.57. The lowest BCUT2D eigenvalue weighted by Crippen LogP contribution is -2.39. The number of carbonyl (C=O) groups excluding carboxylic acids is 1. The monoisotopic (exact) mass is 418 g/mol. The van der Waals surface area contributed by atoms with E-state index >= 15 is 0 Å². The largest absolute Gasteiger partial charge is 0.497 e. The third-order valence-electron chi connectivity index (χ3n) is 5.38. The van der Waals surface area contributed by atoms with Gasteiger partial charge >= 0.3 is 0 Å². The number of hydrogen-bond donors (Lipinski definition) is 0. The van der Waals surface area contributed by atoms with Crippen LogP contribution in [0.4, 0.5) is 11.4 Å². The summed E-state index contributed by atoms with van der Waals surface area (Å²) in [5.74, 6) is 0.931. The summed E-state index contributed by atoms with van der Waals surface area (Å²) in [6, 6.07) is 19.3. The molecule has 1 aliphatic heterocycles. The number of anilines is 1. The molecule has 0 aromatic heterocycles. The number of carbonyl (C=O) groups is 1. The van der Waals surface area contributed by atoms with Crippen LogP contribution in [0.15, 0.2) is 66.7 Å². The maximum atomic E-state index is 13.1. The van der Waals surface area contributed by atoms with Gasteiger partial charge in [0.25, 0.3) is 11.6 Å². The lowest BCUT2D eigenvalue weighted by molar-refractivity contribution is -0.384. The van der Waals surface area contributed by atoms with E-state index in [4.69, 9.17) is 9.47 Å². The number of hydrogen-bond acceptors (Lipinski definition) is 5. The number of amides is 1. The molecule has 7 heteroatoms. The Morgan fingerprint density at radius 1 is 1.10 bits per heavy atom. The van der Waals surface area contributed by atoms with Crippen LogP contribution in [0.1, 0.15) is 12.5 Å². The van der Waals surface area contributed by atoms with Crippen LogP contribution in [-0.2, 0) is 11.2 Å². The molecule has 1 heterocycles. The van der Waals surface area contributed by atoms with Crippen molar-refractivity contribution < 1.29 is 19.2 Å². The zero-order valence-electron chi connectivity index (χ0n) is 17.3. The van der Waals surface area contributed by atoms with Gasteiger partial charge in [-0.1, -0.05) is 30.3 Å². The minimum atomic E-state index is -0.760. The van der Waals surface area contributed by atoms with Gasteiger partial charge in [-0.15, -0.1) is 0 Å². The highest BCUT2D eigenvalue weighted by Crippen LogP contribution is 2.35. The van der Waals surface area contributed by atoms with Crippen molar-refractivity contribution in [2.24, 2.45) is 0 Å². The molecule has 1 aliphatic rings. The molecule has 3 aromatic carbocycles. The molecule has 0 bridgehead atoms. The number of nitro benzene ring substituents is 1. The number of fused-ring (bicyclic) bond motifs is 1. The first-order valence-electron chi connectivity index (χ1n) is 9.96. The molecule has 0 unspecified atom stereocenters. The van der Waals surface area contributed by atoms with Gasteiger partial charge in [-0.2, -0.15) is 0 Å². The summed E-state index contributed by atoms with van der Waals surface area (Å²) in [6.45, 7) is 2.31. The average molecular weight is 418 g/mol. The molecule has 1 amide bonds. The zero-order valence-corrected chi connectivity index (χ0v) is 17.3. The second-order valence-corrected chi connectivity index (χ2v) is 7.29. The number of ether oxygens (including phenoxy) is 2.